The van der Waals surface area contributed by atoms with Crippen molar-refractivity contribution in [3.8, 4) is 0 Å². The van der Waals surface area contributed by atoms with Gasteiger partial charge in [0.05, 0.1) is 0 Å². The number of nitrogens with one attached hydrogen (secondary N) is 1. The fraction of sp³-hybridized carbons (Fsp3) is 0.500. The number of amides is 1. The minimum atomic E-state index is -1.09. The second-order valence-electron chi connectivity index (χ2n) is 6.22. The number of hydrogen-bond donors (Lipinski definition) is 2. The topological polar surface area (TPSA) is 78.9 Å². The first-order valence-corrected chi connectivity index (χ1v) is 7.12. The average Bonchev–Trinajstić information content (AvgIpc) is 2.36. The SMILES string of the molecule is CN(Cc1ccccc1)C[C@H](NC(=O)OC(C)(C)C)C(=O)O. The zero-order chi connectivity index (χ0) is 16.8. The van der Waals surface area contributed by atoms with Gasteiger partial charge in [-0.05, 0) is 33.4 Å². The Morgan fingerprint density at radius 3 is 2.36 bits per heavy atom. The number of nitrogens with zero attached hydrogens (tertiary/aromatic N) is 1. The fourth-order valence-corrected chi connectivity index (χ4v) is 1.91. The van der Waals surface area contributed by atoms with E-state index in [2.05, 4.69) is 5.32 Å². The number of benzene rings is 1. The molecule has 0 saturated heterocycles. The molecular formula is C16H24N2O4. The molecule has 1 atom stereocenters. The summed E-state index contributed by atoms with van der Waals surface area (Å²) < 4.78 is 5.09. The van der Waals surface area contributed by atoms with E-state index in [-0.39, 0.29) is 6.54 Å². The third kappa shape index (κ3) is 7.08. The van der Waals surface area contributed by atoms with Gasteiger partial charge in [-0.2, -0.15) is 0 Å². The molecule has 22 heavy (non-hydrogen) atoms. The number of ether oxygens (including phenoxy) is 1. The van der Waals surface area contributed by atoms with Gasteiger partial charge in [0.1, 0.15) is 11.6 Å². The van der Waals surface area contributed by atoms with E-state index in [1.807, 2.05) is 35.2 Å². The minimum Gasteiger partial charge on any atom is -0.480 e. The van der Waals surface area contributed by atoms with Crippen molar-refractivity contribution in [3.63, 3.8) is 0 Å². The molecule has 0 aliphatic carbocycles. The normalized spacial score (nSPS) is 12.8. The molecule has 0 radical (unpaired) electrons. The van der Waals surface area contributed by atoms with Gasteiger partial charge in [0.15, 0.2) is 0 Å². The summed E-state index contributed by atoms with van der Waals surface area (Å²) in [5.41, 5.74) is 0.412. The van der Waals surface area contributed by atoms with E-state index < -0.39 is 23.7 Å². The summed E-state index contributed by atoms with van der Waals surface area (Å²) >= 11 is 0. The van der Waals surface area contributed by atoms with E-state index in [1.165, 1.54) is 0 Å². The van der Waals surface area contributed by atoms with Gasteiger partial charge < -0.3 is 15.2 Å². The van der Waals surface area contributed by atoms with E-state index in [1.54, 1.807) is 27.8 Å². The molecule has 0 aromatic heterocycles. The maximum Gasteiger partial charge on any atom is 0.408 e. The Kier molecular flexibility index (Phi) is 6.37. The molecule has 6 heteroatoms. The number of alkyl carbamates (subject to hydrolysis) is 1. The van der Waals surface area contributed by atoms with Crippen molar-refractivity contribution in [3.05, 3.63) is 35.9 Å². The number of hydrogen-bond acceptors (Lipinski definition) is 4. The van der Waals surface area contributed by atoms with Gasteiger partial charge in [0, 0.05) is 13.1 Å². The highest BCUT2D eigenvalue weighted by Crippen LogP contribution is 2.07. The Morgan fingerprint density at radius 1 is 1.27 bits per heavy atom. The minimum absolute atomic E-state index is 0.184. The molecular weight excluding hydrogens is 284 g/mol. The first-order chi connectivity index (χ1) is 10.2. The van der Waals surface area contributed by atoms with Crippen molar-refractivity contribution in [2.45, 2.75) is 39.0 Å². The second kappa shape index (κ2) is 7.79. The second-order valence-corrected chi connectivity index (χ2v) is 6.22. The van der Waals surface area contributed by atoms with Crippen molar-refractivity contribution in [1.82, 2.24) is 10.2 Å². The molecule has 1 rings (SSSR count). The molecule has 2 N–H and O–H groups in total. The van der Waals surface area contributed by atoms with Crippen LogP contribution in [-0.4, -0.2) is 47.3 Å². The van der Waals surface area contributed by atoms with Crippen molar-refractivity contribution in [2.75, 3.05) is 13.6 Å². The lowest BCUT2D eigenvalue weighted by Crippen LogP contribution is -2.48. The third-order valence-electron chi connectivity index (χ3n) is 2.78. The molecule has 1 aromatic rings. The summed E-state index contributed by atoms with van der Waals surface area (Å²) in [4.78, 5) is 24.8. The maximum atomic E-state index is 11.7. The zero-order valence-corrected chi connectivity index (χ0v) is 13.5. The van der Waals surface area contributed by atoms with Crippen LogP contribution in [0.2, 0.25) is 0 Å². The molecule has 0 heterocycles. The Balaban J connectivity index is 2.57. The van der Waals surface area contributed by atoms with Crippen molar-refractivity contribution in [2.24, 2.45) is 0 Å². The molecule has 0 unspecified atom stereocenters. The van der Waals surface area contributed by atoms with E-state index in [0.29, 0.717) is 6.54 Å². The number of likely N-dealkylation sites (N-methyl/N-ethyl adjacent to an activating group) is 1. The van der Waals surface area contributed by atoms with Crippen LogP contribution in [-0.2, 0) is 16.1 Å². The van der Waals surface area contributed by atoms with Crippen LogP contribution in [0.25, 0.3) is 0 Å². The number of carboxylic acids is 1. The van der Waals surface area contributed by atoms with Gasteiger partial charge in [0.25, 0.3) is 0 Å². The molecule has 0 aliphatic heterocycles. The molecule has 6 nitrogen and oxygen atoms in total. The molecule has 1 aromatic carbocycles. The van der Waals surface area contributed by atoms with Crippen LogP contribution in [0.3, 0.4) is 0 Å². The third-order valence-corrected chi connectivity index (χ3v) is 2.78. The lowest BCUT2D eigenvalue weighted by Gasteiger charge is -2.24. The largest absolute Gasteiger partial charge is 0.480 e. The molecule has 0 fully saturated rings. The Labute approximate surface area is 131 Å². The quantitative estimate of drug-likeness (QED) is 0.841. The Morgan fingerprint density at radius 2 is 1.86 bits per heavy atom. The van der Waals surface area contributed by atoms with Crippen LogP contribution in [0.1, 0.15) is 26.3 Å². The van der Waals surface area contributed by atoms with Crippen LogP contribution in [0.4, 0.5) is 4.79 Å². The van der Waals surface area contributed by atoms with Gasteiger partial charge in [-0.15, -0.1) is 0 Å². The smallest absolute Gasteiger partial charge is 0.408 e. The van der Waals surface area contributed by atoms with E-state index >= 15 is 0 Å². The van der Waals surface area contributed by atoms with E-state index in [4.69, 9.17) is 4.74 Å². The lowest BCUT2D eigenvalue weighted by molar-refractivity contribution is -0.140. The number of carbonyl (C=O) groups excluding carboxylic acids is 1. The monoisotopic (exact) mass is 308 g/mol. The van der Waals surface area contributed by atoms with Crippen LogP contribution in [0.5, 0.6) is 0 Å². The van der Waals surface area contributed by atoms with Crippen molar-refractivity contribution < 1.29 is 19.4 Å². The molecule has 0 saturated carbocycles. The summed E-state index contributed by atoms with van der Waals surface area (Å²) in [6.45, 7) is 5.96. The van der Waals surface area contributed by atoms with Gasteiger partial charge in [-0.1, -0.05) is 30.3 Å². The summed E-state index contributed by atoms with van der Waals surface area (Å²) in [6.07, 6.45) is -0.729. The first-order valence-electron chi connectivity index (χ1n) is 7.12. The highest BCUT2D eigenvalue weighted by molar-refractivity contribution is 5.80. The Bertz CT molecular complexity index is 497. The number of carboxylic acid groups (broad SMARTS) is 1. The van der Waals surface area contributed by atoms with E-state index in [0.717, 1.165) is 5.56 Å². The molecule has 0 spiro atoms. The molecule has 122 valence electrons. The maximum absolute atomic E-state index is 11.7. The van der Waals surface area contributed by atoms with Gasteiger partial charge in [0.2, 0.25) is 0 Å². The van der Waals surface area contributed by atoms with Gasteiger partial charge >= 0.3 is 12.1 Å². The van der Waals surface area contributed by atoms with Gasteiger partial charge in [-0.3, -0.25) is 4.90 Å². The summed E-state index contributed by atoms with van der Waals surface area (Å²) in [7, 11) is 1.81. The van der Waals surface area contributed by atoms with Crippen LogP contribution < -0.4 is 5.32 Å². The van der Waals surface area contributed by atoms with Gasteiger partial charge in [-0.25, -0.2) is 9.59 Å². The molecule has 0 bridgehead atoms. The Hall–Kier alpha value is -2.08. The summed E-state index contributed by atoms with van der Waals surface area (Å²) in [6, 6.07) is 8.69. The predicted octanol–water partition coefficient (Wildman–Crippen LogP) is 2.10. The standard InChI is InChI=1S/C16H24N2O4/c1-16(2,3)22-15(21)17-13(14(19)20)11-18(4)10-12-8-6-5-7-9-12/h5-9,13H,10-11H2,1-4H3,(H,17,21)(H,19,20)/t13-/m0/s1. The fourth-order valence-electron chi connectivity index (χ4n) is 1.91. The number of carbonyl (C=O) groups is 2. The van der Waals surface area contributed by atoms with Crippen LogP contribution in [0, 0.1) is 0 Å². The van der Waals surface area contributed by atoms with Crippen molar-refractivity contribution in [1.29, 1.82) is 0 Å². The average molecular weight is 308 g/mol. The zero-order valence-electron chi connectivity index (χ0n) is 13.5. The van der Waals surface area contributed by atoms with Crippen LogP contribution >= 0.6 is 0 Å². The predicted molar refractivity (Wildman–Crippen MR) is 83.6 cm³/mol. The number of rotatable bonds is 6. The molecule has 1 amide bonds. The lowest BCUT2D eigenvalue weighted by atomic mass is 10.2. The highest BCUT2D eigenvalue weighted by atomic mass is 16.6. The van der Waals surface area contributed by atoms with E-state index in [9.17, 15) is 14.7 Å². The number of aliphatic carboxylic acids is 1. The highest BCUT2D eigenvalue weighted by Gasteiger charge is 2.25. The first kappa shape index (κ1) is 18.0. The summed E-state index contributed by atoms with van der Waals surface area (Å²) in [5, 5.41) is 11.6. The molecule has 0 aliphatic rings. The van der Waals surface area contributed by atoms with Crippen LogP contribution in [0.15, 0.2) is 30.3 Å². The van der Waals surface area contributed by atoms with Crippen molar-refractivity contribution >= 4 is 12.1 Å². The summed E-state index contributed by atoms with van der Waals surface area (Å²) in [5.74, 6) is -1.09.